The summed E-state index contributed by atoms with van der Waals surface area (Å²) in [7, 11) is 0. The first-order valence-corrected chi connectivity index (χ1v) is 5.43. The van der Waals surface area contributed by atoms with E-state index in [4.69, 9.17) is 10.00 Å². The van der Waals surface area contributed by atoms with Crippen LogP contribution in [0.4, 0.5) is 0 Å². The van der Waals surface area contributed by atoms with E-state index in [9.17, 15) is 4.79 Å². The van der Waals surface area contributed by atoms with Gasteiger partial charge in [0.1, 0.15) is 0 Å². The SMILES string of the molecule is CC1(N2CC(C#N)CC2=O)CCCOC1. The van der Waals surface area contributed by atoms with E-state index in [-0.39, 0.29) is 17.4 Å². The molecule has 2 aliphatic rings. The highest BCUT2D eigenvalue weighted by atomic mass is 16.5. The Kier molecular flexibility index (Phi) is 2.66. The van der Waals surface area contributed by atoms with Gasteiger partial charge in [0, 0.05) is 19.6 Å². The summed E-state index contributed by atoms with van der Waals surface area (Å²) in [6.07, 6.45) is 2.36. The van der Waals surface area contributed by atoms with Crippen molar-refractivity contribution in [3.63, 3.8) is 0 Å². The third kappa shape index (κ3) is 1.84. The Morgan fingerprint density at radius 1 is 1.67 bits per heavy atom. The Balaban J connectivity index is 2.10. The molecule has 0 aromatic rings. The van der Waals surface area contributed by atoms with Crippen LogP contribution in [0.15, 0.2) is 0 Å². The molecule has 2 atom stereocenters. The van der Waals surface area contributed by atoms with E-state index < -0.39 is 0 Å². The number of carbonyl (C=O) groups is 1. The standard InChI is InChI=1S/C11H16N2O2/c1-11(3-2-4-15-8-11)13-7-9(6-12)5-10(13)14/h9H,2-5,7-8H2,1H3. The van der Waals surface area contributed by atoms with Crippen molar-refractivity contribution < 1.29 is 9.53 Å². The number of amides is 1. The molecule has 2 aliphatic heterocycles. The molecule has 0 bridgehead atoms. The summed E-state index contributed by atoms with van der Waals surface area (Å²) in [6, 6.07) is 2.18. The summed E-state index contributed by atoms with van der Waals surface area (Å²) in [5.74, 6) is -0.0224. The number of rotatable bonds is 1. The van der Waals surface area contributed by atoms with Gasteiger partial charge < -0.3 is 9.64 Å². The van der Waals surface area contributed by atoms with Crippen LogP contribution < -0.4 is 0 Å². The highest BCUT2D eigenvalue weighted by molar-refractivity contribution is 5.80. The fraction of sp³-hybridized carbons (Fsp3) is 0.818. The normalized spacial score (nSPS) is 36.7. The lowest BCUT2D eigenvalue weighted by atomic mass is 9.93. The molecule has 0 aliphatic carbocycles. The molecule has 4 nitrogen and oxygen atoms in total. The number of ether oxygens (including phenoxy) is 1. The van der Waals surface area contributed by atoms with Gasteiger partial charge in [-0.3, -0.25) is 4.79 Å². The van der Waals surface area contributed by atoms with Crippen LogP contribution in [-0.4, -0.2) is 36.1 Å². The van der Waals surface area contributed by atoms with Gasteiger partial charge in [-0.05, 0) is 19.8 Å². The topological polar surface area (TPSA) is 53.3 Å². The second kappa shape index (κ2) is 3.82. The van der Waals surface area contributed by atoms with Gasteiger partial charge in [0.25, 0.3) is 0 Å². The lowest BCUT2D eigenvalue weighted by Crippen LogP contribution is -2.52. The minimum absolute atomic E-state index is 0.106. The van der Waals surface area contributed by atoms with E-state index in [1.54, 1.807) is 0 Å². The second-order valence-electron chi connectivity index (χ2n) is 4.69. The maximum atomic E-state index is 11.8. The molecule has 2 fully saturated rings. The summed E-state index contributed by atoms with van der Waals surface area (Å²) in [5, 5.41) is 8.82. The zero-order valence-electron chi connectivity index (χ0n) is 9.03. The Bertz CT molecular complexity index is 302. The van der Waals surface area contributed by atoms with Crippen molar-refractivity contribution in [3.05, 3.63) is 0 Å². The number of nitrogens with zero attached hydrogens (tertiary/aromatic N) is 2. The maximum Gasteiger partial charge on any atom is 0.224 e. The molecule has 0 radical (unpaired) electrons. The molecule has 4 heteroatoms. The Hall–Kier alpha value is -1.08. The average Bonchev–Trinajstić information content (AvgIpc) is 2.61. The molecule has 0 saturated carbocycles. The van der Waals surface area contributed by atoms with Crippen LogP contribution in [0.1, 0.15) is 26.2 Å². The fourth-order valence-electron chi connectivity index (χ4n) is 2.45. The van der Waals surface area contributed by atoms with E-state index in [1.807, 2.05) is 4.90 Å². The molecule has 2 saturated heterocycles. The molecule has 15 heavy (non-hydrogen) atoms. The summed E-state index contributed by atoms with van der Waals surface area (Å²) in [4.78, 5) is 13.6. The van der Waals surface area contributed by atoms with Crippen molar-refractivity contribution in [2.75, 3.05) is 19.8 Å². The van der Waals surface area contributed by atoms with Gasteiger partial charge in [0.15, 0.2) is 0 Å². The van der Waals surface area contributed by atoms with Crippen molar-refractivity contribution in [2.45, 2.75) is 31.7 Å². The van der Waals surface area contributed by atoms with Crippen LogP contribution in [0.5, 0.6) is 0 Å². The first kappa shape index (κ1) is 10.4. The zero-order chi connectivity index (χ0) is 10.9. The Morgan fingerprint density at radius 2 is 2.47 bits per heavy atom. The molecule has 2 unspecified atom stereocenters. The van der Waals surface area contributed by atoms with E-state index in [2.05, 4.69) is 13.0 Å². The summed E-state index contributed by atoms with van der Waals surface area (Å²) in [5.41, 5.74) is -0.180. The molecule has 82 valence electrons. The molecule has 1 amide bonds. The third-order valence-corrected chi connectivity index (χ3v) is 3.38. The molecule has 0 spiro atoms. The lowest BCUT2D eigenvalue weighted by molar-refractivity contribution is -0.137. The van der Waals surface area contributed by atoms with Crippen molar-refractivity contribution in [1.29, 1.82) is 5.26 Å². The molecular weight excluding hydrogens is 192 g/mol. The predicted octanol–water partition coefficient (Wildman–Crippen LogP) is 0.928. The first-order chi connectivity index (χ1) is 7.15. The monoisotopic (exact) mass is 208 g/mol. The van der Waals surface area contributed by atoms with Crippen LogP contribution in [0.25, 0.3) is 0 Å². The molecule has 2 rings (SSSR count). The van der Waals surface area contributed by atoms with E-state index in [0.29, 0.717) is 19.6 Å². The minimum atomic E-state index is -0.180. The van der Waals surface area contributed by atoms with Crippen molar-refractivity contribution in [3.8, 4) is 6.07 Å². The smallest absolute Gasteiger partial charge is 0.224 e. The van der Waals surface area contributed by atoms with Crippen molar-refractivity contribution in [2.24, 2.45) is 5.92 Å². The van der Waals surface area contributed by atoms with Crippen LogP contribution in [0.3, 0.4) is 0 Å². The molecular formula is C11H16N2O2. The largest absolute Gasteiger partial charge is 0.379 e. The van der Waals surface area contributed by atoms with Gasteiger partial charge in [-0.2, -0.15) is 5.26 Å². The van der Waals surface area contributed by atoms with Gasteiger partial charge in [-0.25, -0.2) is 0 Å². The predicted molar refractivity (Wildman–Crippen MR) is 53.9 cm³/mol. The number of likely N-dealkylation sites (tertiary alicyclic amines) is 1. The third-order valence-electron chi connectivity index (χ3n) is 3.38. The van der Waals surface area contributed by atoms with Gasteiger partial charge in [0.2, 0.25) is 5.91 Å². The van der Waals surface area contributed by atoms with Crippen molar-refractivity contribution in [1.82, 2.24) is 4.90 Å². The number of hydrogen-bond acceptors (Lipinski definition) is 3. The van der Waals surface area contributed by atoms with Crippen LogP contribution in [0, 0.1) is 17.2 Å². The van der Waals surface area contributed by atoms with Crippen molar-refractivity contribution >= 4 is 5.91 Å². The maximum absolute atomic E-state index is 11.8. The van der Waals surface area contributed by atoms with E-state index >= 15 is 0 Å². The van der Waals surface area contributed by atoms with Gasteiger partial charge >= 0.3 is 0 Å². The average molecular weight is 208 g/mol. The summed E-state index contributed by atoms with van der Waals surface area (Å²) < 4.78 is 5.44. The molecule has 0 aromatic heterocycles. The zero-order valence-corrected chi connectivity index (χ0v) is 9.03. The van der Waals surface area contributed by atoms with Crippen LogP contribution in [0.2, 0.25) is 0 Å². The fourth-order valence-corrected chi connectivity index (χ4v) is 2.45. The molecule has 2 heterocycles. The number of carbonyl (C=O) groups excluding carboxylic acids is 1. The minimum Gasteiger partial charge on any atom is -0.379 e. The van der Waals surface area contributed by atoms with Crippen LogP contribution in [-0.2, 0) is 9.53 Å². The Labute approximate surface area is 89.8 Å². The highest BCUT2D eigenvalue weighted by Crippen LogP contribution is 2.31. The lowest BCUT2D eigenvalue weighted by Gasteiger charge is -2.41. The van der Waals surface area contributed by atoms with E-state index in [0.717, 1.165) is 19.4 Å². The number of nitriles is 1. The molecule has 0 aromatic carbocycles. The summed E-state index contributed by atoms with van der Waals surface area (Å²) >= 11 is 0. The first-order valence-electron chi connectivity index (χ1n) is 5.43. The summed E-state index contributed by atoms with van der Waals surface area (Å²) in [6.45, 7) is 4.04. The Morgan fingerprint density at radius 3 is 3.00 bits per heavy atom. The van der Waals surface area contributed by atoms with E-state index in [1.165, 1.54) is 0 Å². The quantitative estimate of drug-likeness (QED) is 0.644. The molecule has 0 N–H and O–H groups in total. The number of hydrogen-bond donors (Lipinski definition) is 0. The van der Waals surface area contributed by atoms with Gasteiger partial charge in [-0.15, -0.1) is 0 Å². The second-order valence-corrected chi connectivity index (χ2v) is 4.69. The van der Waals surface area contributed by atoms with Crippen LogP contribution >= 0.6 is 0 Å². The van der Waals surface area contributed by atoms with Gasteiger partial charge in [0.05, 0.1) is 24.1 Å². The van der Waals surface area contributed by atoms with Gasteiger partial charge in [-0.1, -0.05) is 0 Å². The highest BCUT2D eigenvalue weighted by Gasteiger charge is 2.42.